The van der Waals surface area contributed by atoms with Crippen molar-refractivity contribution in [3.8, 4) is 5.69 Å². The van der Waals surface area contributed by atoms with Crippen LogP contribution in [0.5, 0.6) is 0 Å². The normalized spacial score (nSPS) is 11.8. The molecule has 0 saturated carbocycles. The molecule has 0 saturated heterocycles. The van der Waals surface area contributed by atoms with E-state index in [1.54, 1.807) is 10.9 Å². The molecule has 1 aromatic carbocycles. The fourth-order valence-electron chi connectivity index (χ4n) is 1.86. The summed E-state index contributed by atoms with van der Waals surface area (Å²) in [6.07, 6.45) is 3.89. The first-order chi connectivity index (χ1) is 9.07. The molecule has 0 aliphatic heterocycles. The largest absolute Gasteiger partial charge is 0.283 e. The van der Waals surface area contributed by atoms with Gasteiger partial charge in [0.05, 0.1) is 0 Å². The minimum atomic E-state index is -3.43. The molecule has 0 unspecified atom stereocenters. The van der Waals surface area contributed by atoms with E-state index < -0.39 is 9.84 Å². The van der Waals surface area contributed by atoms with Crippen molar-refractivity contribution in [1.82, 2.24) is 19.5 Å². The van der Waals surface area contributed by atoms with E-state index >= 15 is 0 Å². The highest BCUT2D eigenvalue weighted by molar-refractivity contribution is 7.90. The Morgan fingerprint density at radius 1 is 1.05 bits per heavy atom. The van der Waals surface area contributed by atoms with Crippen LogP contribution in [0.25, 0.3) is 16.9 Å². The second kappa shape index (κ2) is 4.13. The van der Waals surface area contributed by atoms with E-state index in [-0.39, 0.29) is 10.5 Å². The molecule has 7 heteroatoms. The smallest absolute Gasteiger partial charge is 0.195 e. The quantitative estimate of drug-likeness (QED) is 0.656. The third-order valence-corrected chi connectivity index (χ3v) is 3.69. The fraction of sp³-hybridized carbons (Fsp3) is 0.0833. The molecule has 0 spiro atoms. The summed E-state index contributed by atoms with van der Waals surface area (Å²) in [7, 11) is -3.43. The number of hydrogen-bond donors (Lipinski definition) is 0. The molecular weight excluding hydrogens is 264 g/mol. The Morgan fingerprint density at radius 3 is 2.47 bits per heavy atom. The van der Waals surface area contributed by atoms with Crippen molar-refractivity contribution in [3.05, 3.63) is 43.0 Å². The fourth-order valence-corrected chi connectivity index (χ4v) is 2.60. The van der Waals surface area contributed by atoms with Crippen molar-refractivity contribution in [2.45, 2.75) is 5.03 Å². The zero-order valence-electron chi connectivity index (χ0n) is 10.1. The Bertz CT molecular complexity index is 841. The summed E-state index contributed by atoms with van der Waals surface area (Å²) in [5, 5.41) is -0.0489. The van der Waals surface area contributed by atoms with Crippen LogP contribution in [0.3, 0.4) is 0 Å². The minimum absolute atomic E-state index is 0.0489. The van der Waals surface area contributed by atoms with Crippen LogP contribution in [0.2, 0.25) is 0 Å². The Balaban J connectivity index is 2.32. The number of imidazole rings is 1. The molecule has 19 heavy (non-hydrogen) atoms. The predicted octanol–water partition coefficient (Wildman–Crippen LogP) is 1.22. The standard InChI is InChI=1S/C12H10N4O2S/c1-19(17,18)12-10-11(13-7-14-12)16(8-15-10)9-5-3-2-4-6-9/h2-8H,1H3. The summed E-state index contributed by atoms with van der Waals surface area (Å²) in [5.74, 6) is 0. The van der Waals surface area contributed by atoms with E-state index in [9.17, 15) is 8.42 Å². The Labute approximate surface area is 109 Å². The summed E-state index contributed by atoms with van der Waals surface area (Å²) >= 11 is 0. The van der Waals surface area contributed by atoms with Gasteiger partial charge >= 0.3 is 0 Å². The summed E-state index contributed by atoms with van der Waals surface area (Å²) in [6.45, 7) is 0. The van der Waals surface area contributed by atoms with Crippen LogP contribution in [0, 0.1) is 0 Å². The third-order valence-electron chi connectivity index (χ3n) is 2.69. The van der Waals surface area contributed by atoms with Crippen LogP contribution in [0.15, 0.2) is 48.0 Å². The second-order valence-electron chi connectivity index (χ2n) is 4.07. The van der Waals surface area contributed by atoms with Gasteiger partial charge in [0.2, 0.25) is 0 Å². The molecule has 3 rings (SSSR count). The molecule has 0 aliphatic carbocycles. The molecule has 6 nitrogen and oxygen atoms in total. The zero-order valence-corrected chi connectivity index (χ0v) is 10.9. The number of aromatic nitrogens is 4. The Kier molecular flexibility index (Phi) is 2.56. The summed E-state index contributed by atoms with van der Waals surface area (Å²) in [5.41, 5.74) is 1.62. The van der Waals surface area contributed by atoms with Crippen LogP contribution in [0.1, 0.15) is 0 Å². The number of nitrogens with zero attached hydrogens (tertiary/aromatic N) is 4. The SMILES string of the molecule is CS(=O)(=O)c1ncnc2c1ncn2-c1ccccc1. The van der Waals surface area contributed by atoms with Gasteiger partial charge < -0.3 is 0 Å². The monoisotopic (exact) mass is 274 g/mol. The van der Waals surface area contributed by atoms with E-state index in [0.717, 1.165) is 11.9 Å². The Hall–Kier alpha value is -2.28. The first kappa shape index (κ1) is 11.8. The van der Waals surface area contributed by atoms with Crippen molar-refractivity contribution in [3.63, 3.8) is 0 Å². The number of rotatable bonds is 2. The van der Waals surface area contributed by atoms with Crippen molar-refractivity contribution in [2.24, 2.45) is 0 Å². The number of para-hydroxylation sites is 1. The molecule has 2 heterocycles. The molecule has 0 atom stereocenters. The first-order valence-corrected chi connectivity index (χ1v) is 7.40. The number of hydrogen-bond acceptors (Lipinski definition) is 5. The van der Waals surface area contributed by atoms with E-state index in [2.05, 4.69) is 15.0 Å². The summed E-state index contributed by atoms with van der Waals surface area (Å²) in [4.78, 5) is 12.0. The predicted molar refractivity (Wildman–Crippen MR) is 69.8 cm³/mol. The summed E-state index contributed by atoms with van der Waals surface area (Å²) < 4.78 is 25.0. The number of fused-ring (bicyclic) bond motifs is 1. The van der Waals surface area contributed by atoms with Gasteiger partial charge in [-0.05, 0) is 12.1 Å². The lowest BCUT2D eigenvalue weighted by molar-refractivity contribution is 0.599. The third kappa shape index (κ3) is 1.97. The molecule has 0 aliphatic rings. The van der Waals surface area contributed by atoms with Crippen molar-refractivity contribution < 1.29 is 8.42 Å². The van der Waals surface area contributed by atoms with E-state index in [1.165, 1.54) is 6.33 Å². The molecule has 2 aromatic heterocycles. The summed E-state index contributed by atoms with van der Waals surface area (Å²) in [6, 6.07) is 9.46. The average Bonchev–Trinajstić information content (AvgIpc) is 2.82. The number of benzene rings is 1. The van der Waals surface area contributed by atoms with Gasteiger partial charge in [-0.1, -0.05) is 18.2 Å². The minimum Gasteiger partial charge on any atom is -0.283 e. The molecular formula is C12H10N4O2S. The van der Waals surface area contributed by atoms with Gasteiger partial charge in [0.15, 0.2) is 20.5 Å². The van der Waals surface area contributed by atoms with Crippen LogP contribution in [-0.4, -0.2) is 34.2 Å². The zero-order chi connectivity index (χ0) is 13.5. The van der Waals surface area contributed by atoms with Crippen molar-refractivity contribution >= 4 is 21.0 Å². The highest BCUT2D eigenvalue weighted by atomic mass is 32.2. The van der Waals surface area contributed by atoms with E-state index in [0.29, 0.717) is 5.65 Å². The number of sulfone groups is 1. The van der Waals surface area contributed by atoms with Crippen molar-refractivity contribution in [2.75, 3.05) is 6.26 Å². The lowest BCUT2D eigenvalue weighted by atomic mass is 10.3. The van der Waals surface area contributed by atoms with Crippen LogP contribution in [0.4, 0.5) is 0 Å². The van der Waals surface area contributed by atoms with Crippen molar-refractivity contribution in [1.29, 1.82) is 0 Å². The van der Waals surface area contributed by atoms with E-state index in [4.69, 9.17) is 0 Å². The van der Waals surface area contributed by atoms with Crippen LogP contribution < -0.4 is 0 Å². The molecule has 0 fully saturated rings. The molecule has 0 radical (unpaired) electrons. The molecule has 3 aromatic rings. The maximum atomic E-state index is 11.7. The maximum absolute atomic E-state index is 11.7. The van der Waals surface area contributed by atoms with Gasteiger partial charge in [0, 0.05) is 11.9 Å². The second-order valence-corrected chi connectivity index (χ2v) is 6.00. The molecule has 0 amide bonds. The van der Waals surface area contributed by atoms with Gasteiger partial charge in [0.1, 0.15) is 18.2 Å². The lowest BCUT2D eigenvalue weighted by Gasteiger charge is -2.03. The highest BCUT2D eigenvalue weighted by Gasteiger charge is 2.18. The first-order valence-electron chi connectivity index (χ1n) is 5.51. The van der Waals surface area contributed by atoms with E-state index in [1.807, 2.05) is 30.3 Å². The lowest BCUT2D eigenvalue weighted by Crippen LogP contribution is -2.03. The van der Waals surface area contributed by atoms with Gasteiger partial charge in [-0.25, -0.2) is 23.4 Å². The highest BCUT2D eigenvalue weighted by Crippen LogP contribution is 2.20. The van der Waals surface area contributed by atoms with Crippen LogP contribution in [-0.2, 0) is 9.84 Å². The Morgan fingerprint density at radius 2 is 1.79 bits per heavy atom. The van der Waals surface area contributed by atoms with Gasteiger partial charge in [-0.2, -0.15) is 0 Å². The average molecular weight is 274 g/mol. The van der Waals surface area contributed by atoms with Gasteiger partial charge in [-0.15, -0.1) is 0 Å². The maximum Gasteiger partial charge on any atom is 0.195 e. The molecule has 0 bridgehead atoms. The van der Waals surface area contributed by atoms with Gasteiger partial charge in [0.25, 0.3) is 0 Å². The molecule has 0 N–H and O–H groups in total. The van der Waals surface area contributed by atoms with Crippen LogP contribution >= 0.6 is 0 Å². The topological polar surface area (TPSA) is 77.7 Å². The molecule has 96 valence electrons. The van der Waals surface area contributed by atoms with Gasteiger partial charge in [-0.3, -0.25) is 4.57 Å².